The molecule has 1 aliphatic rings. The number of aromatic nitrogens is 1. The Labute approximate surface area is 191 Å². The molecular formula is C22H17N5O7. The summed E-state index contributed by atoms with van der Waals surface area (Å²) in [6.07, 6.45) is 0. The van der Waals surface area contributed by atoms with Crippen molar-refractivity contribution in [3.8, 4) is 6.07 Å². The van der Waals surface area contributed by atoms with Crippen molar-refractivity contribution in [3.63, 3.8) is 0 Å². The summed E-state index contributed by atoms with van der Waals surface area (Å²) >= 11 is 0. The number of carbonyl (C=O) groups excluding carboxylic acids is 2. The Kier molecular flexibility index (Phi) is 5.60. The summed E-state index contributed by atoms with van der Waals surface area (Å²) in [6, 6.07) is 12.8. The number of benzene rings is 2. The van der Waals surface area contributed by atoms with Gasteiger partial charge in [0.25, 0.3) is 5.69 Å². The molecule has 0 unspecified atom stereocenters. The molecule has 1 aromatic heterocycles. The molecule has 0 bridgehead atoms. The quantitative estimate of drug-likeness (QED) is 0.174. The lowest BCUT2D eigenvalue weighted by atomic mass is 10.2. The zero-order valence-electron chi connectivity index (χ0n) is 18.0. The predicted octanol–water partition coefficient (Wildman–Crippen LogP) is 1.94. The number of nitrogens with zero attached hydrogens (tertiary/aromatic N) is 5. The molecular weight excluding hydrogens is 446 g/mol. The number of anilines is 2. The summed E-state index contributed by atoms with van der Waals surface area (Å²) in [6.45, 7) is -1.29. The van der Waals surface area contributed by atoms with Gasteiger partial charge in [0.1, 0.15) is 24.0 Å². The lowest BCUT2D eigenvalue weighted by Crippen LogP contribution is -2.28. The average molecular weight is 463 g/mol. The van der Waals surface area contributed by atoms with Crippen LogP contribution in [0.25, 0.3) is 11.1 Å². The Bertz CT molecular complexity index is 1450. The van der Waals surface area contributed by atoms with Crippen LogP contribution in [0.1, 0.15) is 0 Å². The van der Waals surface area contributed by atoms with E-state index in [-0.39, 0.29) is 22.4 Å². The minimum atomic E-state index is -0.921. The number of nitro benzene ring substituents is 1. The number of hydrogen-bond donors (Lipinski definition) is 0. The first-order valence-corrected chi connectivity index (χ1v) is 9.90. The molecule has 1 aliphatic heterocycles. The van der Waals surface area contributed by atoms with E-state index in [1.165, 1.54) is 12.1 Å². The average Bonchev–Trinajstić information content (AvgIpc) is 3.26. The van der Waals surface area contributed by atoms with E-state index < -0.39 is 35.6 Å². The number of oxazole rings is 1. The highest BCUT2D eigenvalue weighted by Gasteiger charge is 2.31. The first-order valence-electron chi connectivity index (χ1n) is 9.90. The number of ether oxygens (including phenoxy) is 1. The topological polar surface area (TPSA) is 152 Å². The molecule has 3 aromatic rings. The number of ketones is 1. The van der Waals surface area contributed by atoms with Crippen LogP contribution in [0, 0.1) is 21.4 Å². The lowest BCUT2D eigenvalue weighted by molar-refractivity contribution is -0.384. The number of carbonyl (C=O) groups is 2. The number of Topliss-reactive ketones (excluding diaryl/α,β-unsaturated/α-hetero) is 1. The maximum Gasteiger partial charge on any atom is 0.420 e. The Morgan fingerprint density at radius 1 is 1.15 bits per heavy atom. The SMILES string of the molecule is CN1C(=C(C#N)C(=O)COC(=O)Cn2c(=O)oc3cc([N+](=O)[O-])ccc32)N(C)c2ccccc21. The smallest absolute Gasteiger partial charge is 0.420 e. The van der Waals surface area contributed by atoms with Gasteiger partial charge >= 0.3 is 11.7 Å². The second-order valence-electron chi connectivity index (χ2n) is 7.36. The van der Waals surface area contributed by atoms with Gasteiger partial charge in [-0.15, -0.1) is 0 Å². The van der Waals surface area contributed by atoms with Crippen LogP contribution in [0.3, 0.4) is 0 Å². The van der Waals surface area contributed by atoms with Crippen molar-refractivity contribution >= 4 is 39.9 Å². The van der Waals surface area contributed by atoms with E-state index in [9.17, 15) is 29.8 Å². The molecule has 0 fully saturated rings. The molecule has 34 heavy (non-hydrogen) atoms. The van der Waals surface area contributed by atoms with Gasteiger partial charge < -0.3 is 19.0 Å². The van der Waals surface area contributed by atoms with Crippen molar-refractivity contribution in [3.05, 3.63) is 74.5 Å². The van der Waals surface area contributed by atoms with Crippen LogP contribution in [-0.4, -0.2) is 41.9 Å². The summed E-state index contributed by atoms with van der Waals surface area (Å²) < 4.78 is 10.9. The first kappa shape index (κ1) is 22.3. The van der Waals surface area contributed by atoms with Gasteiger partial charge in [0.2, 0.25) is 5.78 Å². The highest BCUT2D eigenvalue weighted by atomic mass is 16.6. The fraction of sp³-hybridized carbons (Fsp3) is 0.182. The Morgan fingerprint density at radius 3 is 2.38 bits per heavy atom. The van der Waals surface area contributed by atoms with Gasteiger partial charge in [-0.2, -0.15) is 5.26 Å². The zero-order chi connectivity index (χ0) is 24.6. The third kappa shape index (κ3) is 3.75. The molecule has 0 radical (unpaired) electrons. The van der Waals surface area contributed by atoms with Gasteiger partial charge in [0.05, 0.1) is 27.9 Å². The third-order valence-electron chi connectivity index (χ3n) is 5.37. The summed E-state index contributed by atoms with van der Waals surface area (Å²) in [5.41, 5.74) is 1.25. The molecule has 0 spiro atoms. The van der Waals surface area contributed by atoms with Gasteiger partial charge in [-0.1, -0.05) is 12.1 Å². The van der Waals surface area contributed by atoms with Crippen LogP contribution in [0.15, 0.2) is 63.1 Å². The third-order valence-corrected chi connectivity index (χ3v) is 5.37. The fourth-order valence-electron chi connectivity index (χ4n) is 3.77. The molecule has 0 aliphatic carbocycles. The van der Waals surface area contributed by atoms with Crippen LogP contribution >= 0.6 is 0 Å². The molecule has 4 rings (SSSR count). The van der Waals surface area contributed by atoms with Crippen molar-refractivity contribution in [2.75, 3.05) is 30.5 Å². The Morgan fingerprint density at radius 2 is 1.79 bits per heavy atom. The lowest BCUT2D eigenvalue weighted by Gasteiger charge is -2.19. The highest BCUT2D eigenvalue weighted by molar-refractivity contribution is 6.03. The Balaban J connectivity index is 1.49. The maximum absolute atomic E-state index is 12.7. The van der Waals surface area contributed by atoms with E-state index in [1.807, 2.05) is 30.3 Å². The summed E-state index contributed by atoms with van der Waals surface area (Å²) in [5, 5.41) is 20.5. The molecule has 0 atom stereocenters. The number of rotatable bonds is 6. The zero-order valence-corrected chi connectivity index (χ0v) is 18.0. The molecule has 0 saturated carbocycles. The van der Waals surface area contributed by atoms with Crippen molar-refractivity contribution < 1.29 is 23.7 Å². The van der Waals surface area contributed by atoms with E-state index >= 15 is 0 Å². The first-order chi connectivity index (χ1) is 16.2. The highest BCUT2D eigenvalue weighted by Crippen LogP contribution is 2.40. The predicted molar refractivity (Wildman–Crippen MR) is 119 cm³/mol. The van der Waals surface area contributed by atoms with Crippen molar-refractivity contribution in [1.29, 1.82) is 5.26 Å². The van der Waals surface area contributed by atoms with Gasteiger partial charge in [-0.3, -0.25) is 24.3 Å². The van der Waals surface area contributed by atoms with E-state index in [2.05, 4.69) is 0 Å². The standard InChI is InChI=1S/C22H17N5O7/c1-24-15-5-3-4-6-16(15)25(2)21(24)14(10-23)18(28)12-33-20(29)11-26-17-8-7-13(27(31)32)9-19(17)34-22(26)30/h3-9H,11-12H2,1-2H3. The van der Waals surface area contributed by atoms with Crippen LogP contribution < -0.4 is 15.6 Å². The fourth-order valence-corrected chi connectivity index (χ4v) is 3.77. The molecule has 12 heteroatoms. The van der Waals surface area contributed by atoms with E-state index in [4.69, 9.17) is 9.15 Å². The van der Waals surface area contributed by atoms with Gasteiger partial charge in [0, 0.05) is 20.2 Å². The molecule has 172 valence electrons. The summed E-state index contributed by atoms with van der Waals surface area (Å²) in [7, 11) is 3.43. The number of nitriles is 1. The van der Waals surface area contributed by atoms with E-state index in [0.29, 0.717) is 5.82 Å². The number of para-hydroxylation sites is 2. The molecule has 2 aromatic carbocycles. The number of nitro groups is 1. The van der Waals surface area contributed by atoms with Crippen molar-refractivity contribution in [2.24, 2.45) is 0 Å². The van der Waals surface area contributed by atoms with Gasteiger partial charge in [0.15, 0.2) is 12.2 Å². The normalized spacial score (nSPS) is 12.4. The molecule has 0 saturated heterocycles. The van der Waals surface area contributed by atoms with E-state index in [0.717, 1.165) is 22.0 Å². The number of hydrogen-bond acceptors (Lipinski definition) is 10. The number of esters is 1. The number of fused-ring (bicyclic) bond motifs is 2. The summed E-state index contributed by atoms with van der Waals surface area (Å²) in [5.74, 6) is -2.19. The molecule has 2 heterocycles. The van der Waals surface area contributed by atoms with Crippen LogP contribution in [0.4, 0.5) is 17.1 Å². The second-order valence-corrected chi connectivity index (χ2v) is 7.36. The minimum absolute atomic E-state index is 0.0635. The van der Waals surface area contributed by atoms with E-state index in [1.54, 1.807) is 23.9 Å². The largest absolute Gasteiger partial charge is 0.456 e. The van der Waals surface area contributed by atoms with Crippen LogP contribution in [0.5, 0.6) is 0 Å². The second kappa shape index (κ2) is 8.55. The molecule has 0 amide bonds. The molecule has 0 N–H and O–H groups in total. The minimum Gasteiger partial charge on any atom is -0.456 e. The van der Waals surface area contributed by atoms with Crippen molar-refractivity contribution in [1.82, 2.24) is 4.57 Å². The van der Waals surface area contributed by atoms with Crippen molar-refractivity contribution in [2.45, 2.75) is 6.54 Å². The Hall–Kier alpha value is -4.92. The van der Waals surface area contributed by atoms with Crippen LogP contribution in [-0.2, 0) is 20.9 Å². The maximum atomic E-state index is 12.7. The van der Waals surface area contributed by atoms with Crippen LogP contribution in [0.2, 0.25) is 0 Å². The van der Waals surface area contributed by atoms with Gasteiger partial charge in [-0.25, -0.2) is 4.79 Å². The molecule has 12 nitrogen and oxygen atoms in total. The van der Waals surface area contributed by atoms with Gasteiger partial charge in [-0.05, 0) is 18.2 Å². The number of non-ortho nitro benzene ring substituents is 1. The monoisotopic (exact) mass is 463 g/mol. The summed E-state index contributed by atoms with van der Waals surface area (Å²) in [4.78, 5) is 50.8.